The molecule has 2 aliphatic rings. The van der Waals surface area contributed by atoms with E-state index in [0.717, 1.165) is 60.7 Å². The van der Waals surface area contributed by atoms with Gasteiger partial charge in [-0.1, -0.05) is 12.1 Å². The maximum atomic E-state index is 13.3. The molecule has 168 valence electrons. The van der Waals surface area contributed by atoms with Crippen LogP contribution in [0.15, 0.2) is 30.5 Å². The number of rotatable bonds is 4. The second kappa shape index (κ2) is 8.47. The molecule has 0 bridgehead atoms. The third kappa shape index (κ3) is 3.60. The first-order valence-electron chi connectivity index (χ1n) is 11.5. The number of aliphatic hydroxyl groups excluding tert-OH is 1. The first kappa shape index (κ1) is 20.8. The number of carbonyl (C=O) groups is 1. The quantitative estimate of drug-likeness (QED) is 0.649. The number of aliphatic hydroxyl groups is 1. The molecule has 32 heavy (non-hydrogen) atoms. The molecular weight excluding hydrogens is 404 g/mol. The lowest BCUT2D eigenvalue weighted by atomic mass is 9.95. The van der Waals surface area contributed by atoms with Gasteiger partial charge >= 0.3 is 0 Å². The summed E-state index contributed by atoms with van der Waals surface area (Å²) >= 11 is 0. The lowest BCUT2D eigenvalue weighted by Gasteiger charge is -2.30. The van der Waals surface area contributed by atoms with Crippen molar-refractivity contribution in [3.8, 4) is 5.75 Å². The summed E-state index contributed by atoms with van der Waals surface area (Å²) in [4.78, 5) is 20.0. The summed E-state index contributed by atoms with van der Waals surface area (Å²) in [5.74, 6) is 0.939. The number of amides is 1. The van der Waals surface area contributed by atoms with Gasteiger partial charge in [0.25, 0.3) is 5.91 Å². The van der Waals surface area contributed by atoms with Crippen molar-refractivity contribution in [1.29, 1.82) is 0 Å². The van der Waals surface area contributed by atoms with Crippen LogP contribution in [0.1, 0.15) is 64.6 Å². The number of imidazole rings is 1. The van der Waals surface area contributed by atoms with E-state index in [4.69, 9.17) is 9.72 Å². The summed E-state index contributed by atoms with van der Waals surface area (Å²) in [5.41, 5.74) is 5.94. The molecule has 2 aromatic heterocycles. The molecule has 0 spiro atoms. The van der Waals surface area contributed by atoms with Gasteiger partial charge in [0, 0.05) is 31.3 Å². The van der Waals surface area contributed by atoms with Crippen molar-refractivity contribution in [1.82, 2.24) is 14.3 Å². The average molecular weight is 435 g/mol. The lowest BCUT2D eigenvalue weighted by molar-refractivity contribution is 0.0723. The van der Waals surface area contributed by atoms with Crippen LogP contribution in [-0.2, 0) is 6.61 Å². The zero-order chi connectivity index (χ0) is 22.2. The Morgan fingerprint density at radius 2 is 2.06 bits per heavy atom. The van der Waals surface area contributed by atoms with E-state index >= 15 is 0 Å². The average Bonchev–Trinajstić information content (AvgIpc) is 3.14. The fraction of sp³-hybridized carbons (Fsp3) is 0.440. The molecule has 0 radical (unpaired) electrons. The monoisotopic (exact) mass is 434 g/mol. The van der Waals surface area contributed by atoms with E-state index in [1.807, 2.05) is 40.6 Å². The zero-order valence-corrected chi connectivity index (χ0v) is 18.7. The minimum atomic E-state index is -0.132. The van der Waals surface area contributed by atoms with E-state index in [9.17, 15) is 9.90 Å². The Balaban J connectivity index is 1.59. The molecule has 3 aromatic rings. The molecule has 1 aromatic carbocycles. The highest BCUT2D eigenvalue weighted by Crippen LogP contribution is 2.37. The third-order valence-electron chi connectivity index (χ3n) is 6.69. The van der Waals surface area contributed by atoms with Crippen molar-refractivity contribution in [3.63, 3.8) is 0 Å². The van der Waals surface area contributed by atoms with Crippen LogP contribution in [0.5, 0.6) is 5.75 Å². The first-order chi connectivity index (χ1) is 15.6. The van der Waals surface area contributed by atoms with E-state index in [2.05, 4.69) is 18.3 Å². The standard InChI is InChI=1S/C25H30N4O3/c1-16-7-6-8-22-23(16)19(9-12-32-22)27-20-13-18(25(31)28-10-4-3-5-11-28)14-29-21(15-30)17(2)26-24(20)29/h6-8,13-14,19,27,30H,3-5,9-12,15H2,1-2H3. The van der Waals surface area contributed by atoms with Gasteiger partial charge in [-0.3, -0.25) is 9.20 Å². The van der Waals surface area contributed by atoms with Crippen LogP contribution in [0, 0.1) is 13.8 Å². The van der Waals surface area contributed by atoms with Gasteiger partial charge in [0.05, 0.1) is 41.9 Å². The zero-order valence-electron chi connectivity index (χ0n) is 18.7. The highest BCUT2D eigenvalue weighted by atomic mass is 16.5. The third-order valence-corrected chi connectivity index (χ3v) is 6.69. The second-order valence-electron chi connectivity index (χ2n) is 8.81. The molecule has 1 amide bonds. The van der Waals surface area contributed by atoms with Gasteiger partial charge in [-0.2, -0.15) is 0 Å². The molecular formula is C25H30N4O3. The van der Waals surface area contributed by atoms with Crippen molar-refractivity contribution >= 4 is 17.2 Å². The Hall–Kier alpha value is -3.06. The largest absolute Gasteiger partial charge is 0.493 e. The SMILES string of the molecule is Cc1cccc2c1C(Nc1cc(C(=O)N3CCCCC3)cn3c(CO)c(C)nc13)CCO2. The molecule has 5 rings (SSSR count). The Bertz CT molecular complexity index is 1160. The van der Waals surface area contributed by atoms with Gasteiger partial charge in [0.15, 0.2) is 5.65 Å². The minimum Gasteiger partial charge on any atom is -0.493 e. The second-order valence-corrected chi connectivity index (χ2v) is 8.81. The number of nitrogens with zero attached hydrogens (tertiary/aromatic N) is 3. The molecule has 1 fully saturated rings. The van der Waals surface area contributed by atoms with Crippen molar-refractivity contribution < 1.29 is 14.6 Å². The molecule has 1 saturated heterocycles. The predicted octanol–water partition coefficient (Wildman–Crippen LogP) is 4.01. The summed E-state index contributed by atoms with van der Waals surface area (Å²) in [6, 6.07) is 8.09. The van der Waals surface area contributed by atoms with E-state index in [1.165, 1.54) is 12.0 Å². The number of aryl methyl sites for hydroxylation is 2. The maximum Gasteiger partial charge on any atom is 0.255 e. The van der Waals surface area contributed by atoms with E-state index < -0.39 is 0 Å². The number of piperidine rings is 1. The molecule has 4 heterocycles. The smallest absolute Gasteiger partial charge is 0.255 e. The van der Waals surface area contributed by atoms with Crippen molar-refractivity contribution in [2.24, 2.45) is 0 Å². The fourth-order valence-electron chi connectivity index (χ4n) is 4.99. The molecule has 0 aliphatic carbocycles. The van der Waals surface area contributed by atoms with Crippen molar-refractivity contribution in [2.75, 3.05) is 25.0 Å². The molecule has 7 nitrogen and oxygen atoms in total. The predicted molar refractivity (Wildman–Crippen MR) is 123 cm³/mol. The summed E-state index contributed by atoms with van der Waals surface area (Å²) in [6.45, 7) is 6.07. The summed E-state index contributed by atoms with van der Waals surface area (Å²) < 4.78 is 7.75. The minimum absolute atomic E-state index is 0.0356. The summed E-state index contributed by atoms with van der Waals surface area (Å²) in [6.07, 6.45) is 5.91. The number of likely N-dealkylation sites (tertiary alicyclic amines) is 1. The topological polar surface area (TPSA) is 79.1 Å². The number of hydrogen-bond donors (Lipinski definition) is 2. The Labute approximate surface area is 188 Å². The van der Waals surface area contributed by atoms with Gasteiger partial charge < -0.3 is 20.1 Å². The van der Waals surface area contributed by atoms with Crippen LogP contribution in [0.25, 0.3) is 5.65 Å². The normalized spacial score (nSPS) is 18.3. The van der Waals surface area contributed by atoms with Gasteiger partial charge in [-0.25, -0.2) is 4.98 Å². The number of ether oxygens (including phenoxy) is 1. The van der Waals surface area contributed by atoms with Gasteiger partial charge in [-0.05, 0) is 50.8 Å². The molecule has 2 aliphatic heterocycles. The van der Waals surface area contributed by atoms with E-state index in [-0.39, 0.29) is 18.6 Å². The van der Waals surface area contributed by atoms with Crippen LogP contribution in [-0.4, -0.2) is 45.0 Å². The van der Waals surface area contributed by atoms with Crippen molar-refractivity contribution in [3.05, 3.63) is 58.5 Å². The number of pyridine rings is 1. The van der Waals surface area contributed by atoms with Gasteiger partial charge in [0.1, 0.15) is 5.75 Å². The first-order valence-corrected chi connectivity index (χ1v) is 11.5. The van der Waals surface area contributed by atoms with Gasteiger partial charge in [-0.15, -0.1) is 0 Å². The van der Waals surface area contributed by atoms with E-state index in [0.29, 0.717) is 17.9 Å². The number of benzene rings is 1. The van der Waals surface area contributed by atoms with Crippen LogP contribution in [0.3, 0.4) is 0 Å². The maximum absolute atomic E-state index is 13.3. The summed E-state index contributed by atoms with van der Waals surface area (Å²) in [5, 5.41) is 13.6. The Kier molecular flexibility index (Phi) is 5.51. The number of hydrogen-bond acceptors (Lipinski definition) is 5. The summed E-state index contributed by atoms with van der Waals surface area (Å²) in [7, 11) is 0. The van der Waals surface area contributed by atoms with Gasteiger partial charge in [0.2, 0.25) is 0 Å². The molecule has 1 atom stereocenters. The van der Waals surface area contributed by atoms with Crippen molar-refractivity contribution in [2.45, 2.75) is 52.2 Å². The number of nitrogens with one attached hydrogen (secondary N) is 1. The van der Waals surface area contributed by atoms with Crippen LogP contribution < -0.4 is 10.1 Å². The Morgan fingerprint density at radius 3 is 2.84 bits per heavy atom. The number of aromatic nitrogens is 2. The number of anilines is 1. The number of carbonyl (C=O) groups excluding carboxylic acids is 1. The Morgan fingerprint density at radius 1 is 1.25 bits per heavy atom. The molecule has 1 unspecified atom stereocenters. The lowest BCUT2D eigenvalue weighted by Crippen LogP contribution is -2.35. The fourth-order valence-corrected chi connectivity index (χ4v) is 4.99. The molecule has 7 heteroatoms. The molecule has 0 saturated carbocycles. The molecule has 2 N–H and O–H groups in total. The number of fused-ring (bicyclic) bond motifs is 2. The van der Waals surface area contributed by atoms with Crippen LogP contribution in [0.2, 0.25) is 0 Å². The highest BCUT2D eigenvalue weighted by molar-refractivity contribution is 5.96. The van der Waals surface area contributed by atoms with Crippen LogP contribution in [0.4, 0.5) is 5.69 Å². The highest BCUT2D eigenvalue weighted by Gasteiger charge is 2.26. The van der Waals surface area contributed by atoms with Crippen LogP contribution >= 0.6 is 0 Å². The van der Waals surface area contributed by atoms with E-state index in [1.54, 1.807) is 0 Å².